The second-order valence-corrected chi connectivity index (χ2v) is 3.58. The van der Waals surface area contributed by atoms with Gasteiger partial charge >= 0.3 is 0 Å². The molecule has 1 nitrogen and oxygen atoms in total. The van der Waals surface area contributed by atoms with Crippen LogP contribution >= 0.6 is 11.6 Å². The fraction of sp³-hybridized carbons (Fsp3) is 0. The third-order valence-corrected chi connectivity index (χ3v) is 2.16. The Morgan fingerprint density at radius 3 is 2.31 bits per heavy atom. The summed E-state index contributed by atoms with van der Waals surface area (Å²) < 4.78 is 39.0. The topological polar surface area (TPSA) is 12.9 Å². The monoisotopic (exact) mass is 243 g/mol. The minimum atomic E-state index is -0.860. The van der Waals surface area contributed by atoms with Crippen molar-refractivity contribution < 1.29 is 13.2 Å². The summed E-state index contributed by atoms with van der Waals surface area (Å²) in [6.45, 7) is 0. The van der Waals surface area contributed by atoms with Crippen LogP contribution in [0.1, 0.15) is 0 Å². The summed E-state index contributed by atoms with van der Waals surface area (Å²) in [6.07, 6.45) is 0.858. The van der Waals surface area contributed by atoms with Gasteiger partial charge in [0, 0.05) is 16.7 Å². The third kappa shape index (κ3) is 2.17. The highest BCUT2D eigenvalue weighted by molar-refractivity contribution is 6.30. The molecule has 16 heavy (non-hydrogen) atoms. The van der Waals surface area contributed by atoms with Crippen LogP contribution in [-0.4, -0.2) is 4.98 Å². The normalized spacial score (nSPS) is 10.5. The molecule has 82 valence electrons. The Morgan fingerprint density at radius 2 is 1.69 bits per heavy atom. The van der Waals surface area contributed by atoms with Crippen LogP contribution in [0.5, 0.6) is 0 Å². The van der Waals surface area contributed by atoms with E-state index in [0.717, 1.165) is 18.3 Å². The Kier molecular flexibility index (Phi) is 2.83. The average Bonchev–Trinajstić information content (AvgIpc) is 2.15. The van der Waals surface area contributed by atoms with Crippen molar-refractivity contribution in [1.29, 1.82) is 0 Å². The van der Waals surface area contributed by atoms with Gasteiger partial charge < -0.3 is 0 Å². The van der Waals surface area contributed by atoms with E-state index in [2.05, 4.69) is 4.98 Å². The van der Waals surface area contributed by atoms with Crippen LogP contribution in [0.2, 0.25) is 5.02 Å². The Morgan fingerprint density at radius 1 is 0.938 bits per heavy atom. The van der Waals surface area contributed by atoms with Crippen molar-refractivity contribution in [3.8, 4) is 11.3 Å². The summed E-state index contributed by atoms with van der Waals surface area (Å²) in [5.41, 5.74) is 0.0327. The molecule has 0 unspecified atom stereocenters. The van der Waals surface area contributed by atoms with Gasteiger partial charge in [-0.05, 0) is 18.2 Å². The van der Waals surface area contributed by atoms with Crippen molar-refractivity contribution in [2.75, 3.05) is 0 Å². The number of hydrogen-bond donors (Lipinski definition) is 0. The van der Waals surface area contributed by atoms with E-state index in [1.165, 1.54) is 6.07 Å². The largest absolute Gasteiger partial charge is 0.250 e. The van der Waals surface area contributed by atoms with Crippen LogP contribution in [-0.2, 0) is 0 Å². The van der Waals surface area contributed by atoms with Crippen LogP contribution in [0.4, 0.5) is 13.2 Å². The Bertz CT molecular complexity index is 522. The molecule has 0 aliphatic heterocycles. The molecule has 1 heterocycles. The molecule has 2 aromatic rings. The molecule has 0 saturated heterocycles. The summed E-state index contributed by atoms with van der Waals surface area (Å²) in [4.78, 5) is 3.55. The lowest BCUT2D eigenvalue weighted by atomic mass is 10.1. The van der Waals surface area contributed by atoms with Gasteiger partial charge in [-0.15, -0.1) is 0 Å². The molecule has 1 aromatic carbocycles. The highest BCUT2D eigenvalue weighted by atomic mass is 35.5. The predicted molar refractivity (Wildman–Crippen MR) is 54.6 cm³/mol. The number of rotatable bonds is 1. The summed E-state index contributed by atoms with van der Waals surface area (Å²) in [7, 11) is 0. The number of halogens is 4. The first-order chi connectivity index (χ1) is 7.56. The summed E-state index contributed by atoms with van der Waals surface area (Å²) in [5, 5.41) is 0.125. The van der Waals surface area contributed by atoms with Crippen molar-refractivity contribution in [1.82, 2.24) is 4.98 Å². The number of hydrogen-bond acceptors (Lipinski definition) is 1. The Hall–Kier alpha value is -1.55. The standard InChI is InChI=1S/C11H5ClF3N/c12-7-1-6(2-8(13)3-7)11-10(15)4-9(14)5-16-11/h1-5H. The molecule has 0 radical (unpaired) electrons. The van der Waals surface area contributed by atoms with Gasteiger partial charge in [-0.1, -0.05) is 11.6 Å². The fourth-order valence-corrected chi connectivity index (χ4v) is 1.54. The lowest BCUT2D eigenvalue weighted by molar-refractivity contribution is 0.576. The van der Waals surface area contributed by atoms with Crippen LogP contribution in [0.25, 0.3) is 11.3 Å². The SMILES string of the molecule is Fc1cc(Cl)cc(-c2ncc(F)cc2F)c1. The molecule has 0 fully saturated rings. The molecule has 0 spiro atoms. The molecule has 0 saturated carbocycles. The summed E-state index contributed by atoms with van der Waals surface area (Å²) in [5.74, 6) is -2.25. The van der Waals surface area contributed by atoms with E-state index in [1.807, 2.05) is 0 Å². The van der Waals surface area contributed by atoms with Gasteiger partial charge in [-0.25, -0.2) is 13.2 Å². The van der Waals surface area contributed by atoms with E-state index in [-0.39, 0.29) is 16.3 Å². The first-order valence-corrected chi connectivity index (χ1v) is 4.71. The van der Waals surface area contributed by atoms with Gasteiger partial charge in [0.15, 0.2) is 5.82 Å². The summed E-state index contributed by atoms with van der Waals surface area (Å²) in [6, 6.07) is 4.21. The van der Waals surface area contributed by atoms with Gasteiger partial charge in [0.25, 0.3) is 0 Å². The van der Waals surface area contributed by atoms with Crippen molar-refractivity contribution >= 4 is 11.6 Å². The molecule has 0 bridgehead atoms. The zero-order chi connectivity index (χ0) is 11.7. The van der Waals surface area contributed by atoms with Gasteiger partial charge in [-0.3, -0.25) is 4.98 Å². The maximum absolute atomic E-state index is 13.3. The minimum Gasteiger partial charge on any atom is -0.250 e. The van der Waals surface area contributed by atoms with Crippen LogP contribution < -0.4 is 0 Å². The lowest BCUT2D eigenvalue weighted by Gasteiger charge is -2.03. The smallest absolute Gasteiger partial charge is 0.152 e. The maximum atomic E-state index is 13.3. The minimum absolute atomic E-state index is 0.125. The molecular formula is C11H5ClF3N. The highest BCUT2D eigenvalue weighted by Crippen LogP contribution is 2.25. The van der Waals surface area contributed by atoms with E-state index in [1.54, 1.807) is 0 Å². The number of benzene rings is 1. The molecule has 0 N–H and O–H groups in total. The number of aromatic nitrogens is 1. The second kappa shape index (κ2) is 4.14. The van der Waals surface area contributed by atoms with Crippen molar-refractivity contribution in [2.24, 2.45) is 0 Å². The summed E-state index contributed by atoms with van der Waals surface area (Å²) >= 11 is 5.62. The number of pyridine rings is 1. The lowest BCUT2D eigenvalue weighted by Crippen LogP contribution is -1.91. The first kappa shape index (κ1) is 11.0. The fourth-order valence-electron chi connectivity index (χ4n) is 1.32. The van der Waals surface area contributed by atoms with E-state index in [9.17, 15) is 13.2 Å². The van der Waals surface area contributed by atoms with E-state index >= 15 is 0 Å². The molecular weight excluding hydrogens is 239 g/mol. The van der Waals surface area contributed by atoms with Gasteiger partial charge in [0.05, 0.1) is 6.20 Å². The molecule has 2 rings (SSSR count). The van der Waals surface area contributed by atoms with Crippen LogP contribution in [0.15, 0.2) is 30.5 Å². The Balaban J connectivity index is 2.58. The quantitative estimate of drug-likeness (QED) is 0.742. The van der Waals surface area contributed by atoms with Crippen LogP contribution in [0.3, 0.4) is 0 Å². The third-order valence-electron chi connectivity index (χ3n) is 1.94. The number of nitrogens with zero attached hydrogens (tertiary/aromatic N) is 1. The average molecular weight is 244 g/mol. The molecule has 0 amide bonds. The Labute approximate surface area is 94.5 Å². The maximum Gasteiger partial charge on any atom is 0.152 e. The second-order valence-electron chi connectivity index (χ2n) is 3.14. The molecule has 5 heteroatoms. The highest BCUT2D eigenvalue weighted by Gasteiger charge is 2.10. The van der Waals surface area contributed by atoms with E-state index in [4.69, 9.17) is 11.6 Å². The van der Waals surface area contributed by atoms with Crippen LogP contribution in [0, 0.1) is 17.5 Å². The molecule has 0 atom stereocenters. The predicted octanol–water partition coefficient (Wildman–Crippen LogP) is 3.82. The molecule has 0 aliphatic carbocycles. The zero-order valence-electron chi connectivity index (χ0n) is 7.85. The van der Waals surface area contributed by atoms with Crippen molar-refractivity contribution in [2.45, 2.75) is 0 Å². The molecule has 1 aromatic heterocycles. The van der Waals surface area contributed by atoms with Gasteiger partial charge in [0.1, 0.15) is 17.3 Å². The molecule has 0 aliphatic rings. The van der Waals surface area contributed by atoms with E-state index < -0.39 is 17.5 Å². The zero-order valence-corrected chi connectivity index (χ0v) is 8.60. The van der Waals surface area contributed by atoms with Gasteiger partial charge in [0.2, 0.25) is 0 Å². The van der Waals surface area contributed by atoms with E-state index in [0.29, 0.717) is 6.07 Å². The van der Waals surface area contributed by atoms with Crippen molar-refractivity contribution in [3.63, 3.8) is 0 Å². The van der Waals surface area contributed by atoms with Gasteiger partial charge in [-0.2, -0.15) is 0 Å². The first-order valence-electron chi connectivity index (χ1n) is 4.34. The van der Waals surface area contributed by atoms with Crippen molar-refractivity contribution in [3.05, 3.63) is 52.9 Å².